The van der Waals surface area contributed by atoms with Gasteiger partial charge in [-0.05, 0) is 73.9 Å². The van der Waals surface area contributed by atoms with Crippen LogP contribution in [0.1, 0.15) is 24.0 Å². The molecule has 2 aromatic heterocycles. The molecule has 0 radical (unpaired) electrons. The molecule has 2 heterocycles. The summed E-state index contributed by atoms with van der Waals surface area (Å²) in [6.07, 6.45) is 6.90. The topological polar surface area (TPSA) is 89.0 Å². The second-order valence-corrected chi connectivity index (χ2v) is 8.14. The number of anilines is 2. The quantitative estimate of drug-likeness (QED) is 0.413. The number of fused-ring (bicyclic) bond motifs is 1. The number of benzene rings is 2. The van der Waals surface area contributed by atoms with Crippen LogP contribution in [0.3, 0.4) is 0 Å². The first-order valence-electron chi connectivity index (χ1n) is 11.1. The van der Waals surface area contributed by atoms with Crippen molar-refractivity contribution in [2.24, 2.45) is 5.92 Å². The van der Waals surface area contributed by atoms with E-state index in [1.165, 1.54) is 6.33 Å². The van der Waals surface area contributed by atoms with Gasteiger partial charge in [0, 0.05) is 28.8 Å². The number of amides is 1. The van der Waals surface area contributed by atoms with Gasteiger partial charge in [-0.15, -0.1) is 0 Å². The highest BCUT2D eigenvalue weighted by Gasteiger charge is 2.28. The number of hydrogen-bond acceptors (Lipinski definition) is 6. The van der Waals surface area contributed by atoms with Crippen LogP contribution in [-0.4, -0.2) is 27.4 Å². The molecule has 1 saturated carbocycles. The summed E-state index contributed by atoms with van der Waals surface area (Å²) in [7, 11) is 0. The minimum Gasteiger partial charge on any atom is -0.455 e. The molecule has 1 amide bonds. The first-order valence-corrected chi connectivity index (χ1v) is 11.1. The molecule has 0 unspecified atom stereocenters. The Morgan fingerprint density at radius 2 is 2.06 bits per heavy atom. The van der Waals surface area contributed by atoms with Crippen molar-refractivity contribution in [3.05, 3.63) is 78.4 Å². The van der Waals surface area contributed by atoms with Crippen LogP contribution in [0.4, 0.5) is 11.5 Å². The maximum absolute atomic E-state index is 11.7. The van der Waals surface area contributed by atoms with Gasteiger partial charge in [0.2, 0.25) is 5.91 Å². The number of pyridine rings is 1. The highest BCUT2D eigenvalue weighted by atomic mass is 16.5. The van der Waals surface area contributed by atoms with Gasteiger partial charge in [0.25, 0.3) is 0 Å². The molecule has 0 bridgehead atoms. The molecule has 1 aliphatic carbocycles. The second kappa shape index (κ2) is 9.59. The zero-order valence-electron chi connectivity index (χ0n) is 18.7. The van der Waals surface area contributed by atoms with Crippen LogP contribution < -0.4 is 15.4 Å². The fraction of sp³-hybridized carbons (Fsp3) is 0.185. The molecule has 168 valence electrons. The lowest BCUT2D eigenvalue weighted by Crippen LogP contribution is -2.24. The lowest BCUT2D eigenvalue weighted by atomic mass is 10.1. The smallest absolute Gasteiger partial charge is 0.223 e. The second-order valence-electron chi connectivity index (χ2n) is 8.14. The number of hydrogen-bond donors (Lipinski definition) is 2. The Morgan fingerprint density at radius 3 is 2.85 bits per heavy atom. The predicted molar refractivity (Wildman–Crippen MR) is 131 cm³/mol. The van der Waals surface area contributed by atoms with Crippen LogP contribution in [0.25, 0.3) is 10.9 Å². The van der Waals surface area contributed by atoms with Gasteiger partial charge in [-0.25, -0.2) is 9.97 Å². The van der Waals surface area contributed by atoms with Gasteiger partial charge in [0.05, 0.1) is 18.3 Å². The average molecular weight is 450 g/mol. The molecule has 0 aliphatic heterocycles. The van der Waals surface area contributed by atoms with Crippen molar-refractivity contribution in [1.29, 1.82) is 0 Å². The van der Waals surface area contributed by atoms with E-state index in [2.05, 4.69) is 37.4 Å². The molecule has 5 rings (SSSR count). The zero-order valence-corrected chi connectivity index (χ0v) is 18.7. The molecular weight excluding hydrogens is 426 g/mol. The number of rotatable bonds is 6. The number of nitrogens with zero attached hydrogens (tertiary/aromatic N) is 3. The summed E-state index contributed by atoms with van der Waals surface area (Å²) in [5.74, 6) is 8.56. The third-order valence-electron chi connectivity index (χ3n) is 5.47. The van der Waals surface area contributed by atoms with Crippen molar-refractivity contribution in [3.63, 3.8) is 0 Å². The summed E-state index contributed by atoms with van der Waals surface area (Å²) in [4.78, 5) is 24.6. The number of nitrogens with one attached hydrogen (secondary N) is 2. The van der Waals surface area contributed by atoms with E-state index in [1.54, 1.807) is 12.4 Å². The fourth-order valence-electron chi connectivity index (χ4n) is 3.51. The Hall–Kier alpha value is -4.44. The minimum atomic E-state index is 0.0971. The Kier molecular flexibility index (Phi) is 6.04. The van der Waals surface area contributed by atoms with Crippen LogP contribution >= 0.6 is 0 Å². The van der Waals surface area contributed by atoms with Gasteiger partial charge >= 0.3 is 0 Å². The third-order valence-corrected chi connectivity index (χ3v) is 5.47. The van der Waals surface area contributed by atoms with E-state index < -0.39 is 0 Å². The molecule has 1 fully saturated rings. The summed E-state index contributed by atoms with van der Waals surface area (Å²) in [6.45, 7) is 2.33. The maximum atomic E-state index is 11.7. The van der Waals surface area contributed by atoms with E-state index in [9.17, 15) is 4.79 Å². The van der Waals surface area contributed by atoms with Crippen LogP contribution in [0, 0.1) is 24.7 Å². The van der Waals surface area contributed by atoms with E-state index >= 15 is 0 Å². The van der Waals surface area contributed by atoms with E-state index in [1.807, 2.05) is 55.5 Å². The Balaban J connectivity index is 1.32. The fourth-order valence-corrected chi connectivity index (χ4v) is 3.51. The number of carbonyl (C=O) groups excluding carboxylic acids is 1. The molecular formula is C27H23N5O2. The normalized spacial score (nSPS) is 12.5. The van der Waals surface area contributed by atoms with Gasteiger partial charge in [-0.2, -0.15) is 0 Å². The monoisotopic (exact) mass is 449 g/mol. The summed E-state index contributed by atoms with van der Waals surface area (Å²) in [5, 5.41) is 7.11. The van der Waals surface area contributed by atoms with Crippen molar-refractivity contribution in [2.45, 2.75) is 19.8 Å². The number of aromatic nitrogens is 3. The van der Waals surface area contributed by atoms with Gasteiger partial charge in [-0.3, -0.25) is 9.78 Å². The van der Waals surface area contributed by atoms with Crippen LogP contribution in [0.5, 0.6) is 11.5 Å². The largest absolute Gasteiger partial charge is 0.455 e. The molecule has 2 N–H and O–H groups in total. The lowest BCUT2D eigenvalue weighted by molar-refractivity contribution is -0.122. The number of carbonyl (C=O) groups is 1. The SMILES string of the molecule is Cc1cc(Nc2ncnc3ccc(C#CCNC(=O)C4CC4)cc23)ccc1Oc1cccnc1. The van der Waals surface area contributed by atoms with E-state index in [4.69, 9.17) is 4.74 Å². The van der Waals surface area contributed by atoms with Crippen LogP contribution in [0.2, 0.25) is 0 Å². The Morgan fingerprint density at radius 1 is 1.15 bits per heavy atom. The maximum Gasteiger partial charge on any atom is 0.223 e. The lowest BCUT2D eigenvalue weighted by Gasteiger charge is -2.12. The zero-order chi connectivity index (χ0) is 23.3. The van der Waals surface area contributed by atoms with Crippen LogP contribution in [0.15, 0.2) is 67.3 Å². The van der Waals surface area contributed by atoms with Crippen molar-refractivity contribution in [2.75, 3.05) is 11.9 Å². The molecule has 34 heavy (non-hydrogen) atoms. The van der Waals surface area contributed by atoms with Gasteiger partial charge in [0.15, 0.2) is 0 Å². The van der Waals surface area contributed by atoms with Crippen LogP contribution in [-0.2, 0) is 4.79 Å². The summed E-state index contributed by atoms with van der Waals surface area (Å²) >= 11 is 0. The molecule has 0 atom stereocenters. The summed E-state index contributed by atoms with van der Waals surface area (Å²) in [5.41, 5.74) is 3.52. The molecule has 0 spiro atoms. The highest BCUT2D eigenvalue weighted by molar-refractivity contribution is 5.91. The van der Waals surface area contributed by atoms with Crippen molar-refractivity contribution in [1.82, 2.24) is 20.3 Å². The minimum absolute atomic E-state index is 0.0971. The standard InChI is InChI=1S/C27H23N5O2/c1-18-14-21(9-11-25(18)34-22-5-3-12-28-16-22)32-26-23-15-19(6-10-24(23)30-17-31-26)4-2-13-29-27(33)20-7-8-20/h3,5-6,9-12,14-17,20H,7-8,13H2,1H3,(H,29,33)(H,30,31,32). The predicted octanol–water partition coefficient (Wildman–Crippen LogP) is 4.75. The average Bonchev–Trinajstić information content (AvgIpc) is 3.70. The third kappa shape index (κ3) is 5.13. The van der Waals surface area contributed by atoms with Gasteiger partial charge in [-0.1, -0.05) is 11.8 Å². The molecule has 1 aliphatic rings. The molecule has 7 nitrogen and oxygen atoms in total. The van der Waals surface area contributed by atoms with E-state index in [-0.39, 0.29) is 11.8 Å². The summed E-state index contributed by atoms with van der Waals surface area (Å²) < 4.78 is 5.92. The van der Waals surface area contributed by atoms with E-state index in [0.717, 1.165) is 46.3 Å². The van der Waals surface area contributed by atoms with Gasteiger partial charge < -0.3 is 15.4 Å². The number of ether oxygens (including phenoxy) is 1. The van der Waals surface area contributed by atoms with Crippen molar-refractivity contribution in [3.8, 4) is 23.3 Å². The van der Waals surface area contributed by atoms with Crippen molar-refractivity contribution < 1.29 is 9.53 Å². The summed E-state index contributed by atoms with van der Waals surface area (Å²) in [6, 6.07) is 15.4. The number of aryl methyl sites for hydroxylation is 1. The first kappa shape index (κ1) is 21.4. The molecule has 0 saturated heterocycles. The van der Waals surface area contributed by atoms with Gasteiger partial charge in [0.1, 0.15) is 23.6 Å². The van der Waals surface area contributed by atoms with E-state index in [0.29, 0.717) is 18.1 Å². The first-order chi connectivity index (χ1) is 16.7. The highest BCUT2D eigenvalue weighted by Crippen LogP contribution is 2.30. The molecule has 4 aromatic rings. The Labute approximate surface area is 197 Å². The molecule has 2 aromatic carbocycles. The Bertz CT molecular complexity index is 1410. The molecule has 7 heteroatoms. The van der Waals surface area contributed by atoms with Crippen molar-refractivity contribution >= 4 is 28.3 Å².